The summed E-state index contributed by atoms with van der Waals surface area (Å²) in [6.45, 7) is 3.38. The first-order valence-electron chi connectivity index (χ1n) is 6.88. The first-order chi connectivity index (χ1) is 9.43. The number of esters is 1. The fourth-order valence-electron chi connectivity index (χ4n) is 2.61. The Morgan fingerprint density at radius 2 is 2.15 bits per heavy atom. The van der Waals surface area contributed by atoms with Crippen LogP contribution in [0.25, 0.3) is 0 Å². The third-order valence-electron chi connectivity index (χ3n) is 3.83. The van der Waals surface area contributed by atoms with Crippen LogP contribution in [0.3, 0.4) is 0 Å². The molecule has 5 heteroatoms. The Hall–Kier alpha value is -1.75. The van der Waals surface area contributed by atoms with Crippen molar-refractivity contribution in [1.82, 2.24) is 0 Å². The number of benzene rings is 1. The highest BCUT2D eigenvalue weighted by molar-refractivity contribution is 5.97. The molecule has 0 bridgehead atoms. The van der Waals surface area contributed by atoms with Gasteiger partial charge in [0.15, 0.2) is 0 Å². The maximum atomic E-state index is 11.9. The molecule has 1 aliphatic heterocycles. The summed E-state index contributed by atoms with van der Waals surface area (Å²) in [5.41, 5.74) is 6.97. The molecule has 0 aliphatic carbocycles. The second kappa shape index (κ2) is 5.71. The van der Waals surface area contributed by atoms with Gasteiger partial charge in [-0.3, -0.25) is 0 Å². The highest BCUT2D eigenvalue weighted by Gasteiger charge is 2.26. The summed E-state index contributed by atoms with van der Waals surface area (Å²) in [6, 6.07) is 5.27. The molecule has 3 N–H and O–H groups in total. The van der Waals surface area contributed by atoms with E-state index in [9.17, 15) is 9.90 Å². The number of carbonyl (C=O) groups excluding carboxylic acids is 1. The Kier molecular flexibility index (Phi) is 4.18. The number of hydrogen-bond acceptors (Lipinski definition) is 5. The number of nitrogens with two attached hydrogens (primary N) is 1. The molecule has 20 heavy (non-hydrogen) atoms. The van der Waals surface area contributed by atoms with E-state index < -0.39 is 5.60 Å². The van der Waals surface area contributed by atoms with E-state index in [2.05, 4.69) is 4.90 Å². The fraction of sp³-hybridized carbons (Fsp3) is 0.533. The average molecular weight is 278 g/mol. The van der Waals surface area contributed by atoms with Gasteiger partial charge in [0.2, 0.25) is 0 Å². The molecule has 1 heterocycles. The van der Waals surface area contributed by atoms with Crippen LogP contribution in [0.2, 0.25) is 0 Å². The Labute approximate surface area is 119 Å². The number of rotatable bonds is 2. The first-order valence-corrected chi connectivity index (χ1v) is 6.88. The van der Waals surface area contributed by atoms with E-state index in [-0.39, 0.29) is 5.97 Å². The molecule has 5 nitrogen and oxygen atoms in total. The number of nitrogen functional groups attached to an aromatic ring is 1. The molecule has 0 aromatic heterocycles. The zero-order chi connectivity index (χ0) is 14.8. The van der Waals surface area contributed by atoms with Gasteiger partial charge >= 0.3 is 5.97 Å². The van der Waals surface area contributed by atoms with Gasteiger partial charge in [-0.2, -0.15) is 0 Å². The van der Waals surface area contributed by atoms with Crippen LogP contribution in [0.1, 0.15) is 36.5 Å². The molecule has 0 radical (unpaired) electrons. The van der Waals surface area contributed by atoms with Crippen LogP contribution in [0, 0.1) is 0 Å². The van der Waals surface area contributed by atoms with E-state index in [1.54, 1.807) is 12.1 Å². The lowest BCUT2D eigenvalue weighted by atomic mass is 9.98. The standard InChI is InChI=1S/C15H22N2O3/c1-15(19)6-3-8-17(9-7-15)13-5-4-11(16)10-12(13)14(18)20-2/h4-5,10,19H,3,6-9,16H2,1-2H3. The zero-order valence-electron chi connectivity index (χ0n) is 12.1. The SMILES string of the molecule is COC(=O)c1cc(N)ccc1N1CCCC(C)(O)CC1. The molecular formula is C15H22N2O3. The molecule has 1 aromatic carbocycles. The monoisotopic (exact) mass is 278 g/mol. The predicted molar refractivity (Wildman–Crippen MR) is 78.9 cm³/mol. The van der Waals surface area contributed by atoms with Crippen LogP contribution in [0.15, 0.2) is 18.2 Å². The van der Waals surface area contributed by atoms with Gasteiger partial charge < -0.3 is 20.5 Å². The van der Waals surface area contributed by atoms with E-state index in [4.69, 9.17) is 10.5 Å². The van der Waals surface area contributed by atoms with Crippen LogP contribution in [-0.4, -0.2) is 36.9 Å². The van der Waals surface area contributed by atoms with Crippen molar-refractivity contribution >= 4 is 17.3 Å². The highest BCUT2D eigenvalue weighted by atomic mass is 16.5. The molecular weight excluding hydrogens is 256 g/mol. The predicted octanol–water partition coefficient (Wildman–Crippen LogP) is 1.80. The number of ether oxygens (including phenoxy) is 1. The molecule has 0 amide bonds. The molecule has 1 atom stereocenters. The number of carbonyl (C=O) groups is 1. The molecule has 0 saturated carbocycles. The minimum absolute atomic E-state index is 0.386. The smallest absolute Gasteiger partial charge is 0.340 e. The molecule has 1 aliphatic rings. The lowest BCUT2D eigenvalue weighted by molar-refractivity contribution is 0.0481. The molecule has 0 spiro atoms. The Balaban J connectivity index is 2.30. The lowest BCUT2D eigenvalue weighted by Crippen LogP contribution is -2.29. The summed E-state index contributed by atoms with van der Waals surface area (Å²) in [6.07, 6.45) is 2.34. The average Bonchev–Trinajstić information content (AvgIpc) is 2.59. The van der Waals surface area contributed by atoms with Crippen molar-refractivity contribution in [3.63, 3.8) is 0 Å². The number of hydrogen-bond donors (Lipinski definition) is 2. The van der Waals surface area contributed by atoms with E-state index in [1.165, 1.54) is 7.11 Å². The maximum absolute atomic E-state index is 11.9. The van der Waals surface area contributed by atoms with Crippen molar-refractivity contribution in [3.05, 3.63) is 23.8 Å². The van der Waals surface area contributed by atoms with Gasteiger partial charge in [-0.25, -0.2) is 4.79 Å². The van der Waals surface area contributed by atoms with E-state index >= 15 is 0 Å². The van der Waals surface area contributed by atoms with Crippen molar-refractivity contribution in [3.8, 4) is 0 Å². The van der Waals surface area contributed by atoms with Gasteiger partial charge in [0.25, 0.3) is 0 Å². The van der Waals surface area contributed by atoms with E-state index in [1.807, 2.05) is 13.0 Å². The van der Waals surface area contributed by atoms with Gasteiger partial charge in [0.1, 0.15) is 0 Å². The van der Waals surface area contributed by atoms with E-state index in [0.29, 0.717) is 24.2 Å². The normalized spacial score (nSPS) is 23.2. The summed E-state index contributed by atoms with van der Waals surface area (Å²) in [4.78, 5) is 14.0. The van der Waals surface area contributed by atoms with E-state index in [0.717, 1.165) is 25.1 Å². The summed E-state index contributed by atoms with van der Waals surface area (Å²) in [5, 5.41) is 10.1. The number of nitrogens with zero attached hydrogens (tertiary/aromatic N) is 1. The molecule has 1 aromatic rings. The summed E-state index contributed by atoms with van der Waals surface area (Å²) in [7, 11) is 1.36. The molecule has 110 valence electrons. The van der Waals surface area contributed by atoms with Gasteiger partial charge in [-0.1, -0.05) is 0 Å². The van der Waals surface area contributed by atoms with Crippen molar-refractivity contribution in [2.45, 2.75) is 31.8 Å². The van der Waals surface area contributed by atoms with Crippen molar-refractivity contribution in [2.75, 3.05) is 30.8 Å². The maximum Gasteiger partial charge on any atom is 0.340 e. The number of aliphatic hydroxyl groups is 1. The molecule has 2 rings (SSSR count). The third kappa shape index (κ3) is 3.22. The van der Waals surface area contributed by atoms with Crippen LogP contribution in [0.5, 0.6) is 0 Å². The van der Waals surface area contributed by atoms with Crippen LogP contribution >= 0.6 is 0 Å². The Morgan fingerprint density at radius 1 is 1.40 bits per heavy atom. The quantitative estimate of drug-likeness (QED) is 0.637. The number of anilines is 2. The highest BCUT2D eigenvalue weighted by Crippen LogP contribution is 2.29. The van der Waals surface area contributed by atoms with Gasteiger partial charge in [-0.15, -0.1) is 0 Å². The van der Waals surface area contributed by atoms with Gasteiger partial charge in [-0.05, 0) is 44.4 Å². The molecule has 1 fully saturated rings. The Bertz CT molecular complexity index is 500. The van der Waals surface area contributed by atoms with Crippen LogP contribution < -0.4 is 10.6 Å². The summed E-state index contributed by atoms with van der Waals surface area (Å²) >= 11 is 0. The summed E-state index contributed by atoms with van der Waals surface area (Å²) < 4.78 is 4.82. The third-order valence-corrected chi connectivity index (χ3v) is 3.83. The largest absolute Gasteiger partial charge is 0.465 e. The number of methoxy groups -OCH3 is 1. The van der Waals surface area contributed by atoms with Crippen LogP contribution in [-0.2, 0) is 4.74 Å². The van der Waals surface area contributed by atoms with Gasteiger partial charge in [0, 0.05) is 18.8 Å². The van der Waals surface area contributed by atoms with Crippen LogP contribution in [0.4, 0.5) is 11.4 Å². The Morgan fingerprint density at radius 3 is 2.85 bits per heavy atom. The van der Waals surface area contributed by atoms with Gasteiger partial charge in [0.05, 0.1) is 24.0 Å². The topological polar surface area (TPSA) is 75.8 Å². The minimum atomic E-state index is -0.631. The molecule has 1 saturated heterocycles. The second-order valence-electron chi connectivity index (χ2n) is 5.61. The van der Waals surface area contributed by atoms with Crippen molar-refractivity contribution < 1.29 is 14.6 Å². The zero-order valence-corrected chi connectivity index (χ0v) is 12.1. The summed E-state index contributed by atoms with van der Waals surface area (Å²) in [5.74, 6) is -0.386. The minimum Gasteiger partial charge on any atom is -0.465 e. The lowest BCUT2D eigenvalue weighted by Gasteiger charge is -2.26. The molecule has 1 unspecified atom stereocenters. The van der Waals surface area contributed by atoms with Crippen molar-refractivity contribution in [1.29, 1.82) is 0 Å². The fourth-order valence-corrected chi connectivity index (χ4v) is 2.61. The van der Waals surface area contributed by atoms with Crippen molar-refractivity contribution in [2.24, 2.45) is 0 Å². The first kappa shape index (κ1) is 14.7. The second-order valence-corrected chi connectivity index (χ2v) is 5.61.